The molecule has 0 fully saturated rings. The topological polar surface area (TPSA) is 22.0 Å². The van der Waals surface area contributed by atoms with Gasteiger partial charge in [0.1, 0.15) is 0 Å². The van der Waals surface area contributed by atoms with Gasteiger partial charge >= 0.3 is 0 Å². The molecule has 0 aliphatic rings. The Morgan fingerprint density at radius 2 is 2.14 bits per heavy atom. The van der Waals surface area contributed by atoms with Gasteiger partial charge in [-0.2, -0.15) is 0 Å². The van der Waals surface area contributed by atoms with Crippen molar-refractivity contribution in [3.05, 3.63) is 48.7 Å². The Balaban J connectivity index is 2.86. The molecule has 2 aromatic rings. The second-order valence-electron chi connectivity index (χ2n) is 3.13. The molecule has 0 aliphatic carbocycles. The van der Waals surface area contributed by atoms with Crippen LogP contribution in [0.5, 0.6) is 0 Å². The third kappa shape index (κ3) is 1.16. The molecule has 2 nitrogen and oxygen atoms in total. The Morgan fingerprint density at radius 3 is 2.79 bits per heavy atom. The Bertz CT molecular complexity index is 508. The van der Waals surface area contributed by atoms with Gasteiger partial charge < -0.3 is 0 Å². The zero-order chi connectivity index (χ0) is 10.1. The molecular formula is C12H10NO. The third-order valence-electron chi connectivity index (χ3n) is 2.24. The minimum absolute atomic E-state index is 0.00250. The van der Waals surface area contributed by atoms with Crippen LogP contribution in [-0.2, 0) is 0 Å². The number of aromatic nitrogens is 1. The molecule has 0 spiro atoms. The predicted molar refractivity (Wildman–Crippen MR) is 56.2 cm³/mol. The normalized spacial score (nSPS) is 10.4. The van der Waals surface area contributed by atoms with Gasteiger partial charge in [-0.05, 0) is 12.1 Å². The van der Waals surface area contributed by atoms with Crippen LogP contribution in [0.3, 0.4) is 0 Å². The summed E-state index contributed by atoms with van der Waals surface area (Å²) < 4.78 is 1.61. The van der Waals surface area contributed by atoms with Crippen LogP contribution in [-0.4, -0.2) is 10.5 Å². The molecule has 0 bridgehead atoms. The van der Waals surface area contributed by atoms with Gasteiger partial charge in [0, 0.05) is 24.1 Å². The monoisotopic (exact) mass is 184 g/mol. The Hall–Kier alpha value is -1.83. The highest BCUT2D eigenvalue weighted by Gasteiger charge is 2.07. The highest BCUT2D eigenvalue weighted by atomic mass is 16.1. The molecule has 1 aromatic carbocycles. The number of carbonyl (C=O) groups is 1. The van der Waals surface area contributed by atoms with Crippen molar-refractivity contribution in [1.82, 2.24) is 4.57 Å². The summed E-state index contributed by atoms with van der Waals surface area (Å²) in [5, 5.41) is 1.01. The van der Waals surface area contributed by atoms with Gasteiger partial charge in [-0.15, -0.1) is 0 Å². The number of para-hydroxylation sites is 1. The lowest BCUT2D eigenvalue weighted by Crippen LogP contribution is -2.02. The SMILES string of the molecule is C=[C]c1cn(C(C)=O)c2ccccc12. The van der Waals surface area contributed by atoms with E-state index in [9.17, 15) is 4.79 Å². The van der Waals surface area contributed by atoms with E-state index in [-0.39, 0.29) is 5.91 Å². The van der Waals surface area contributed by atoms with Crippen LogP contribution >= 0.6 is 0 Å². The first-order chi connectivity index (χ1) is 6.74. The fourth-order valence-electron chi connectivity index (χ4n) is 1.58. The molecule has 0 aliphatic heterocycles. The number of rotatable bonds is 1. The number of fused-ring (bicyclic) bond motifs is 1. The molecule has 69 valence electrons. The van der Waals surface area contributed by atoms with Crippen LogP contribution in [0.1, 0.15) is 17.3 Å². The number of hydrogen-bond donors (Lipinski definition) is 0. The molecule has 2 rings (SSSR count). The average molecular weight is 184 g/mol. The Labute approximate surface area is 82.5 Å². The predicted octanol–water partition coefficient (Wildman–Crippen LogP) is 2.64. The van der Waals surface area contributed by atoms with E-state index in [0.717, 1.165) is 16.5 Å². The van der Waals surface area contributed by atoms with E-state index in [0.29, 0.717) is 0 Å². The summed E-state index contributed by atoms with van der Waals surface area (Å²) in [7, 11) is 0. The van der Waals surface area contributed by atoms with Crippen molar-refractivity contribution in [3.8, 4) is 0 Å². The zero-order valence-corrected chi connectivity index (χ0v) is 7.95. The summed E-state index contributed by atoms with van der Waals surface area (Å²) in [6.07, 6.45) is 4.59. The first kappa shape index (κ1) is 8.75. The molecule has 0 amide bonds. The molecule has 0 N–H and O–H groups in total. The van der Waals surface area contributed by atoms with Crippen molar-refractivity contribution in [2.45, 2.75) is 6.92 Å². The average Bonchev–Trinajstić information content (AvgIpc) is 2.56. The Morgan fingerprint density at radius 1 is 1.43 bits per heavy atom. The van der Waals surface area contributed by atoms with E-state index in [1.165, 1.54) is 0 Å². The molecule has 2 heteroatoms. The zero-order valence-electron chi connectivity index (χ0n) is 7.95. The van der Waals surface area contributed by atoms with Crippen molar-refractivity contribution in [2.75, 3.05) is 0 Å². The molecule has 0 saturated heterocycles. The van der Waals surface area contributed by atoms with Crippen LogP contribution in [0.4, 0.5) is 0 Å². The molecule has 1 heterocycles. The lowest BCUT2D eigenvalue weighted by molar-refractivity contribution is 0.0941. The highest BCUT2D eigenvalue weighted by molar-refractivity contribution is 5.94. The van der Waals surface area contributed by atoms with Gasteiger partial charge in [0.15, 0.2) is 0 Å². The van der Waals surface area contributed by atoms with Crippen LogP contribution in [0, 0.1) is 6.08 Å². The fourth-order valence-corrected chi connectivity index (χ4v) is 1.58. The summed E-state index contributed by atoms with van der Waals surface area (Å²) >= 11 is 0. The second kappa shape index (κ2) is 3.14. The van der Waals surface area contributed by atoms with Crippen LogP contribution in [0.2, 0.25) is 0 Å². The molecule has 0 unspecified atom stereocenters. The van der Waals surface area contributed by atoms with Gasteiger partial charge in [0.05, 0.1) is 5.52 Å². The lowest BCUT2D eigenvalue weighted by atomic mass is 10.2. The third-order valence-corrected chi connectivity index (χ3v) is 2.24. The van der Waals surface area contributed by atoms with E-state index >= 15 is 0 Å². The highest BCUT2D eigenvalue weighted by Crippen LogP contribution is 2.20. The molecule has 0 saturated carbocycles. The van der Waals surface area contributed by atoms with E-state index < -0.39 is 0 Å². The van der Waals surface area contributed by atoms with Gasteiger partial charge in [-0.25, -0.2) is 0 Å². The summed E-state index contributed by atoms with van der Waals surface area (Å²) in [6, 6.07) is 7.72. The van der Waals surface area contributed by atoms with Crippen molar-refractivity contribution in [2.24, 2.45) is 0 Å². The van der Waals surface area contributed by atoms with Crippen molar-refractivity contribution in [1.29, 1.82) is 0 Å². The molecule has 0 atom stereocenters. The maximum absolute atomic E-state index is 11.3. The lowest BCUT2D eigenvalue weighted by Gasteiger charge is -1.96. The minimum Gasteiger partial charge on any atom is -0.287 e. The van der Waals surface area contributed by atoms with Gasteiger partial charge in [-0.3, -0.25) is 9.36 Å². The molecule has 14 heavy (non-hydrogen) atoms. The second-order valence-corrected chi connectivity index (χ2v) is 3.13. The van der Waals surface area contributed by atoms with Crippen molar-refractivity contribution >= 4 is 16.8 Å². The maximum Gasteiger partial charge on any atom is 0.227 e. The smallest absolute Gasteiger partial charge is 0.227 e. The van der Waals surface area contributed by atoms with Crippen LogP contribution < -0.4 is 0 Å². The first-order valence-electron chi connectivity index (χ1n) is 4.38. The number of benzene rings is 1. The minimum atomic E-state index is 0.00250. The van der Waals surface area contributed by atoms with E-state index in [1.54, 1.807) is 17.7 Å². The summed E-state index contributed by atoms with van der Waals surface area (Å²) in [5.41, 5.74) is 1.78. The van der Waals surface area contributed by atoms with E-state index in [1.807, 2.05) is 24.3 Å². The number of hydrogen-bond acceptors (Lipinski definition) is 1. The molecule has 1 radical (unpaired) electrons. The van der Waals surface area contributed by atoms with E-state index in [4.69, 9.17) is 0 Å². The molecular weight excluding hydrogens is 174 g/mol. The van der Waals surface area contributed by atoms with Gasteiger partial charge in [0.25, 0.3) is 0 Å². The largest absolute Gasteiger partial charge is 0.287 e. The Kier molecular flexibility index (Phi) is 1.97. The van der Waals surface area contributed by atoms with Crippen LogP contribution in [0.15, 0.2) is 37.0 Å². The van der Waals surface area contributed by atoms with Crippen LogP contribution in [0.25, 0.3) is 10.9 Å². The maximum atomic E-state index is 11.3. The summed E-state index contributed by atoms with van der Waals surface area (Å²) in [5.74, 6) is 0.00250. The molecule has 1 aromatic heterocycles. The summed E-state index contributed by atoms with van der Waals surface area (Å²) in [6.45, 7) is 5.15. The summed E-state index contributed by atoms with van der Waals surface area (Å²) in [4.78, 5) is 11.3. The first-order valence-corrected chi connectivity index (χ1v) is 4.38. The fraction of sp³-hybridized carbons (Fsp3) is 0.0833. The standard InChI is InChI=1S/C12H10NO/c1-3-10-8-13(9(2)14)12-7-5-4-6-11(10)12/h4-8H,1H2,2H3. The van der Waals surface area contributed by atoms with Crippen molar-refractivity contribution < 1.29 is 4.79 Å². The van der Waals surface area contributed by atoms with E-state index in [2.05, 4.69) is 12.7 Å². The number of nitrogens with zero attached hydrogens (tertiary/aromatic N) is 1. The van der Waals surface area contributed by atoms with Crippen molar-refractivity contribution in [3.63, 3.8) is 0 Å². The van der Waals surface area contributed by atoms with Gasteiger partial charge in [0.2, 0.25) is 5.91 Å². The van der Waals surface area contributed by atoms with Gasteiger partial charge in [-0.1, -0.05) is 24.8 Å². The quantitative estimate of drug-likeness (QED) is 0.667. The number of carbonyl (C=O) groups excluding carboxylic acids is 1.